The summed E-state index contributed by atoms with van der Waals surface area (Å²) in [5.74, 6) is 1.04. The minimum Gasteiger partial charge on any atom is -0.493 e. The van der Waals surface area contributed by atoms with Crippen molar-refractivity contribution in [2.24, 2.45) is 0 Å². The Labute approximate surface area is 96.6 Å². The van der Waals surface area contributed by atoms with Crippen LogP contribution in [0.4, 0.5) is 0 Å². The van der Waals surface area contributed by atoms with Gasteiger partial charge in [-0.2, -0.15) is 0 Å². The number of rotatable bonds is 4. The van der Waals surface area contributed by atoms with Crippen molar-refractivity contribution in [3.8, 4) is 5.75 Å². The SMILES string of the molecule is C=C(C)CCC(O)C1COc2ccccc21. The second-order valence-corrected chi connectivity index (χ2v) is 4.52. The van der Waals surface area contributed by atoms with Gasteiger partial charge in [-0.3, -0.25) is 0 Å². The average Bonchev–Trinajstić information content (AvgIpc) is 2.69. The van der Waals surface area contributed by atoms with Crippen molar-refractivity contribution in [1.82, 2.24) is 0 Å². The second kappa shape index (κ2) is 4.71. The third-order valence-corrected chi connectivity index (χ3v) is 3.07. The maximum absolute atomic E-state index is 10.1. The average molecular weight is 218 g/mol. The van der Waals surface area contributed by atoms with Crippen molar-refractivity contribution in [3.63, 3.8) is 0 Å². The van der Waals surface area contributed by atoms with E-state index in [1.165, 1.54) is 0 Å². The van der Waals surface area contributed by atoms with E-state index in [0.29, 0.717) is 6.61 Å². The third-order valence-electron chi connectivity index (χ3n) is 3.07. The van der Waals surface area contributed by atoms with Crippen LogP contribution >= 0.6 is 0 Å². The molecule has 1 heterocycles. The minimum absolute atomic E-state index is 0.121. The number of hydrogen-bond donors (Lipinski definition) is 1. The first-order valence-electron chi connectivity index (χ1n) is 5.72. The van der Waals surface area contributed by atoms with Gasteiger partial charge in [0.25, 0.3) is 0 Å². The van der Waals surface area contributed by atoms with Crippen molar-refractivity contribution >= 4 is 0 Å². The summed E-state index contributed by atoms with van der Waals surface area (Å²) in [6.07, 6.45) is 1.30. The maximum atomic E-state index is 10.1. The normalized spacial score (nSPS) is 20.0. The summed E-state index contributed by atoms with van der Waals surface area (Å²) in [7, 11) is 0. The molecule has 2 unspecified atom stereocenters. The van der Waals surface area contributed by atoms with Crippen molar-refractivity contribution in [3.05, 3.63) is 42.0 Å². The lowest BCUT2D eigenvalue weighted by Crippen LogP contribution is -2.19. The molecule has 2 nitrogen and oxygen atoms in total. The molecule has 2 heteroatoms. The molecule has 0 aromatic heterocycles. The predicted molar refractivity (Wildman–Crippen MR) is 64.7 cm³/mol. The smallest absolute Gasteiger partial charge is 0.123 e. The fourth-order valence-corrected chi connectivity index (χ4v) is 2.10. The molecule has 86 valence electrons. The van der Waals surface area contributed by atoms with Crippen molar-refractivity contribution in [2.45, 2.75) is 31.8 Å². The highest BCUT2D eigenvalue weighted by Gasteiger charge is 2.29. The predicted octanol–water partition coefficient (Wildman–Crippen LogP) is 2.88. The van der Waals surface area contributed by atoms with E-state index in [-0.39, 0.29) is 12.0 Å². The van der Waals surface area contributed by atoms with Gasteiger partial charge in [0.15, 0.2) is 0 Å². The molecule has 2 atom stereocenters. The van der Waals surface area contributed by atoms with Gasteiger partial charge in [-0.25, -0.2) is 0 Å². The molecule has 0 spiro atoms. The first-order valence-corrected chi connectivity index (χ1v) is 5.72. The molecule has 1 aliphatic heterocycles. The van der Waals surface area contributed by atoms with Gasteiger partial charge in [-0.1, -0.05) is 23.8 Å². The summed E-state index contributed by atoms with van der Waals surface area (Å²) in [6.45, 7) is 6.44. The molecule has 0 saturated heterocycles. The Balaban J connectivity index is 2.04. The Morgan fingerprint density at radius 3 is 3.06 bits per heavy atom. The lowest BCUT2D eigenvalue weighted by atomic mass is 9.92. The number of fused-ring (bicyclic) bond motifs is 1. The van der Waals surface area contributed by atoms with Crippen LogP contribution in [0.3, 0.4) is 0 Å². The fraction of sp³-hybridized carbons (Fsp3) is 0.429. The van der Waals surface area contributed by atoms with Gasteiger partial charge in [0, 0.05) is 11.5 Å². The largest absolute Gasteiger partial charge is 0.493 e. The van der Waals surface area contributed by atoms with E-state index in [4.69, 9.17) is 4.74 Å². The number of aliphatic hydroxyl groups is 1. The fourth-order valence-electron chi connectivity index (χ4n) is 2.10. The van der Waals surface area contributed by atoms with E-state index < -0.39 is 0 Å². The van der Waals surface area contributed by atoms with E-state index in [1.807, 2.05) is 31.2 Å². The number of para-hydroxylation sites is 1. The van der Waals surface area contributed by atoms with Gasteiger partial charge in [-0.05, 0) is 25.8 Å². The molecule has 0 amide bonds. The number of benzene rings is 1. The van der Waals surface area contributed by atoms with Crippen LogP contribution in [-0.4, -0.2) is 17.8 Å². The van der Waals surface area contributed by atoms with E-state index >= 15 is 0 Å². The monoisotopic (exact) mass is 218 g/mol. The molecular formula is C14H18O2. The topological polar surface area (TPSA) is 29.5 Å². The molecule has 1 N–H and O–H groups in total. The molecule has 1 aliphatic rings. The van der Waals surface area contributed by atoms with Gasteiger partial charge in [0.1, 0.15) is 5.75 Å². The molecule has 2 rings (SSSR count). The Hall–Kier alpha value is -1.28. The van der Waals surface area contributed by atoms with Crippen LogP contribution in [-0.2, 0) is 0 Å². The Morgan fingerprint density at radius 2 is 2.31 bits per heavy atom. The molecule has 0 bridgehead atoms. The van der Waals surface area contributed by atoms with Crippen molar-refractivity contribution in [2.75, 3.05) is 6.61 Å². The molecule has 0 fully saturated rings. The van der Waals surface area contributed by atoms with Crippen LogP contribution in [0.1, 0.15) is 31.2 Å². The second-order valence-electron chi connectivity index (χ2n) is 4.52. The van der Waals surface area contributed by atoms with Gasteiger partial charge in [-0.15, -0.1) is 6.58 Å². The summed E-state index contributed by atoms with van der Waals surface area (Å²) in [5.41, 5.74) is 2.25. The first-order chi connectivity index (χ1) is 7.68. The summed E-state index contributed by atoms with van der Waals surface area (Å²) in [5, 5.41) is 10.1. The lowest BCUT2D eigenvalue weighted by Gasteiger charge is -2.16. The van der Waals surface area contributed by atoms with Gasteiger partial charge >= 0.3 is 0 Å². The number of allylic oxidation sites excluding steroid dienone is 1. The highest BCUT2D eigenvalue weighted by Crippen LogP contribution is 2.36. The quantitative estimate of drug-likeness (QED) is 0.787. The standard InChI is InChI=1S/C14H18O2/c1-10(2)7-8-13(15)12-9-16-14-6-4-3-5-11(12)14/h3-6,12-13,15H,1,7-9H2,2H3. The molecule has 1 aromatic rings. The van der Waals surface area contributed by atoms with Crippen molar-refractivity contribution in [1.29, 1.82) is 0 Å². The van der Waals surface area contributed by atoms with Gasteiger partial charge < -0.3 is 9.84 Å². The zero-order chi connectivity index (χ0) is 11.5. The summed E-state index contributed by atoms with van der Waals surface area (Å²) >= 11 is 0. The van der Waals surface area contributed by atoms with Crippen LogP contribution in [0.2, 0.25) is 0 Å². The van der Waals surface area contributed by atoms with Crippen LogP contribution in [0.15, 0.2) is 36.4 Å². The van der Waals surface area contributed by atoms with E-state index in [9.17, 15) is 5.11 Å². The number of aliphatic hydroxyl groups excluding tert-OH is 1. The van der Waals surface area contributed by atoms with E-state index in [0.717, 1.165) is 29.7 Å². The Kier molecular flexibility index (Phi) is 3.30. The van der Waals surface area contributed by atoms with E-state index in [2.05, 4.69) is 6.58 Å². The molecule has 0 radical (unpaired) electrons. The molecule has 1 aromatic carbocycles. The van der Waals surface area contributed by atoms with Crippen LogP contribution < -0.4 is 4.74 Å². The van der Waals surface area contributed by atoms with Crippen LogP contribution in [0.5, 0.6) is 5.75 Å². The van der Waals surface area contributed by atoms with Crippen molar-refractivity contribution < 1.29 is 9.84 Å². The highest BCUT2D eigenvalue weighted by molar-refractivity contribution is 5.40. The number of hydrogen-bond acceptors (Lipinski definition) is 2. The Bertz CT molecular complexity index is 384. The Morgan fingerprint density at radius 1 is 1.56 bits per heavy atom. The van der Waals surface area contributed by atoms with Crippen LogP contribution in [0.25, 0.3) is 0 Å². The highest BCUT2D eigenvalue weighted by atomic mass is 16.5. The summed E-state index contributed by atoms with van der Waals surface area (Å²) in [4.78, 5) is 0. The number of ether oxygens (including phenoxy) is 1. The first kappa shape index (κ1) is 11.2. The molecule has 0 aliphatic carbocycles. The van der Waals surface area contributed by atoms with Gasteiger partial charge in [0.2, 0.25) is 0 Å². The summed E-state index contributed by atoms with van der Waals surface area (Å²) < 4.78 is 5.56. The molecular weight excluding hydrogens is 200 g/mol. The maximum Gasteiger partial charge on any atom is 0.123 e. The molecule has 16 heavy (non-hydrogen) atoms. The zero-order valence-electron chi connectivity index (χ0n) is 9.65. The van der Waals surface area contributed by atoms with E-state index in [1.54, 1.807) is 0 Å². The lowest BCUT2D eigenvalue weighted by molar-refractivity contribution is 0.120. The minimum atomic E-state index is -0.333. The molecule has 0 saturated carbocycles. The van der Waals surface area contributed by atoms with Crippen LogP contribution in [0, 0.1) is 0 Å². The zero-order valence-corrected chi connectivity index (χ0v) is 9.65. The van der Waals surface area contributed by atoms with Gasteiger partial charge in [0.05, 0.1) is 12.7 Å². The third kappa shape index (κ3) is 2.27. The summed E-state index contributed by atoms with van der Waals surface area (Å²) in [6, 6.07) is 7.95.